The smallest absolute Gasteiger partial charge is 0.261 e. The van der Waals surface area contributed by atoms with Gasteiger partial charge in [-0.1, -0.05) is 13.0 Å². The van der Waals surface area contributed by atoms with Crippen molar-refractivity contribution < 1.29 is 18.4 Å². The number of H-pyrrole nitrogens is 2. The maximum absolute atomic E-state index is 14.1. The molecule has 1 aliphatic heterocycles. The van der Waals surface area contributed by atoms with Crippen LogP contribution in [0.15, 0.2) is 59.5 Å². The number of benzene rings is 1. The van der Waals surface area contributed by atoms with Crippen molar-refractivity contribution in [2.24, 2.45) is 5.92 Å². The number of pyridine rings is 2. The first-order valence-electron chi connectivity index (χ1n) is 11.2. The second-order valence-corrected chi connectivity index (χ2v) is 8.57. The highest BCUT2D eigenvalue weighted by Crippen LogP contribution is 2.34. The fraction of sp³-hybridized carbons (Fsp3) is 0.154. The zero-order valence-corrected chi connectivity index (χ0v) is 19.1. The number of amides is 2. The van der Waals surface area contributed by atoms with E-state index in [0.29, 0.717) is 24.4 Å². The maximum atomic E-state index is 14.1. The molecular weight excluding hydrogens is 468 g/mol. The quantitative estimate of drug-likeness (QED) is 0.369. The van der Waals surface area contributed by atoms with Gasteiger partial charge in [0.25, 0.3) is 11.5 Å². The van der Waals surface area contributed by atoms with Gasteiger partial charge in [0, 0.05) is 36.3 Å². The molecule has 0 spiro atoms. The molecule has 3 aromatic heterocycles. The number of hydrogen-bond donors (Lipinski definition) is 3. The molecule has 4 aromatic rings. The number of nitrogens with one attached hydrogen (secondary N) is 3. The van der Waals surface area contributed by atoms with Crippen LogP contribution < -0.4 is 10.9 Å². The van der Waals surface area contributed by atoms with E-state index in [0.717, 1.165) is 28.7 Å². The molecule has 0 bridgehead atoms. The summed E-state index contributed by atoms with van der Waals surface area (Å²) in [5, 5.41) is 3.47. The number of aromatic nitrogens is 3. The molecule has 1 aromatic carbocycles. The molecule has 36 heavy (non-hydrogen) atoms. The highest BCUT2D eigenvalue weighted by Gasteiger charge is 2.27. The molecule has 1 unspecified atom stereocenters. The van der Waals surface area contributed by atoms with E-state index in [1.54, 1.807) is 17.2 Å². The van der Waals surface area contributed by atoms with Gasteiger partial charge in [0.05, 0.1) is 5.69 Å². The Labute approximate surface area is 203 Å². The molecule has 3 N–H and O–H groups in total. The van der Waals surface area contributed by atoms with Crippen LogP contribution in [0.2, 0.25) is 0 Å². The van der Waals surface area contributed by atoms with Crippen molar-refractivity contribution in [1.82, 2.24) is 19.9 Å². The summed E-state index contributed by atoms with van der Waals surface area (Å²) in [7, 11) is 0. The lowest BCUT2D eigenvalue weighted by molar-refractivity contribution is -0.105. The van der Waals surface area contributed by atoms with Crippen LogP contribution in [0.25, 0.3) is 27.9 Å². The predicted molar refractivity (Wildman–Crippen MR) is 131 cm³/mol. The lowest BCUT2D eigenvalue weighted by atomic mass is 9.89. The van der Waals surface area contributed by atoms with E-state index in [1.165, 1.54) is 18.2 Å². The average molecular weight is 489 g/mol. The monoisotopic (exact) mass is 489 g/mol. The van der Waals surface area contributed by atoms with E-state index < -0.39 is 23.1 Å². The molecule has 2 amide bonds. The maximum Gasteiger partial charge on any atom is 0.261 e. The minimum Gasteiger partial charge on any atom is -0.346 e. The molecule has 0 saturated heterocycles. The molecule has 4 heterocycles. The third-order valence-electron chi connectivity index (χ3n) is 6.25. The van der Waals surface area contributed by atoms with Crippen LogP contribution >= 0.6 is 0 Å². The second kappa shape index (κ2) is 9.21. The SMILES string of the molecule is CC1CN(C(=O)c2ccc(-c3ccc(F)cc3F)[nH]c2=O)CC=C1c1cc(NC=O)nc2[nH]ccc12. The van der Waals surface area contributed by atoms with Gasteiger partial charge in [-0.15, -0.1) is 0 Å². The van der Waals surface area contributed by atoms with E-state index in [9.17, 15) is 23.2 Å². The van der Waals surface area contributed by atoms with Crippen molar-refractivity contribution in [2.45, 2.75) is 6.92 Å². The van der Waals surface area contributed by atoms with Gasteiger partial charge >= 0.3 is 0 Å². The number of halogens is 2. The summed E-state index contributed by atoms with van der Waals surface area (Å²) in [6, 6.07) is 9.53. The largest absolute Gasteiger partial charge is 0.346 e. The fourth-order valence-corrected chi connectivity index (χ4v) is 4.54. The summed E-state index contributed by atoms with van der Waals surface area (Å²) in [4.78, 5) is 48.3. The van der Waals surface area contributed by atoms with Gasteiger partial charge in [-0.25, -0.2) is 13.8 Å². The van der Waals surface area contributed by atoms with Crippen LogP contribution in [0.3, 0.4) is 0 Å². The summed E-state index contributed by atoms with van der Waals surface area (Å²) >= 11 is 0. The first-order chi connectivity index (χ1) is 17.4. The van der Waals surface area contributed by atoms with Crippen LogP contribution in [0.1, 0.15) is 22.8 Å². The molecule has 0 saturated carbocycles. The van der Waals surface area contributed by atoms with Gasteiger partial charge in [-0.05, 0) is 53.5 Å². The number of fused-ring (bicyclic) bond motifs is 1. The van der Waals surface area contributed by atoms with Gasteiger partial charge in [-0.2, -0.15) is 0 Å². The lowest BCUT2D eigenvalue weighted by Gasteiger charge is -2.31. The van der Waals surface area contributed by atoms with Crippen LogP contribution in [-0.4, -0.2) is 45.3 Å². The Kier molecular flexibility index (Phi) is 5.93. The predicted octanol–water partition coefficient (Wildman–Crippen LogP) is 3.94. The first-order valence-corrected chi connectivity index (χ1v) is 11.2. The molecule has 1 aliphatic rings. The van der Waals surface area contributed by atoms with Crippen molar-refractivity contribution in [1.29, 1.82) is 0 Å². The third-order valence-corrected chi connectivity index (χ3v) is 6.25. The molecule has 10 heteroatoms. The van der Waals surface area contributed by atoms with E-state index in [-0.39, 0.29) is 29.3 Å². The number of rotatable bonds is 5. The summed E-state index contributed by atoms with van der Waals surface area (Å²) in [5.41, 5.74) is 1.98. The summed E-state index contributed by atoms with van der Waals surface area (Å²) in [6.45, 7) is 2.61. The Balaban J connectivity index is 1.41. The molecule has 8 nitrogen and oxygen atoms in total. The van der Waals surface area contributed by atoms with Crippen molar-refractivity contribution in [3.63, 3.8) is 0 Å². The molecule has 0 fully saturated rings. The van der Waals surface area contributed by atoms with Crippen molar-refractivity contribution >= 4 is 34.7 Å². The van der Waals surface area contributed by atoms with Gasteiger partial charge in [-0.3, -0.25) is 14.4 Å². The average Bonchev–Trinajstić information content (AvgIpc) is 3.32. The highest BCUT2D eigenvalue weighted by molar-refractivity contribution is 5.96. The van der Waals surface area contributed by atoms with Gasteiger partial charge < -0.3 is 20.2 Å². The van der Waals surface area contributed by atoms with Crippen molar-refractivity contribution in [2.75, 3.05) is 18.4 Å². The number of hydrogen-bond acceptors (Lipinski definition) is 4. The normalized spacial score (nSPS) is 15.6. The Hall–Kier alpha value is -4.60. The number of anilines is 1. The highest BCUT2D eigenvalue weighted by atomic mass is 19.1. The van der Waals surface area contributed by atoms with Crippen molar-refractivity contribution in [3.8, 4) is 11.3 Å². The summed E-state index contributed by atoms with van der Waals surface area (Å²) in [6.07, 6.45) is 4.26. The number of carbonyl (C=O) groups is 2. The molecule has 1 atom stereocenters. The van der Waals surface area contributed by atoms with Crippen molar-refractivity contribution in [3.05, 3.63) is 87.9 Å². The van der Waals surface area contributed by atoms with E-state index >= 15 is 0 Å². The standard InChI is InChI=1S/C26H21F2N5O3/c1-14-12-33(9-7-16(14)20-11-23(30-13-34)32-24-17(20)6-8-29-24)26(36)19-4-5-22(31-25(19)35)18-3-2-15(27)10-21(18)28/h2-8,10-11,13-14H,9,12H2,1H3,(H,31,35)(H2,29,30,32,34). The summed E-state index contributed by atoms with van der Waals surface area (Å²) < 4.78 is 27.3. The zero-order valence-electron chi connectivity index (χ0n) is 19.1. The van der Waals surface area contributed by atoms with Crippen LogP contribution in [0.5, 0.6) is 0 Å². The molecule has 182 valence electrons. The minimum atomic E-state index is -0.814. The molecule has 0 radical (unpaired) electrons. The Morgan fingerprint density at radius 3 is 2.72 bits per heavy atom. The lowest BCUT2D eigenvalue weighted by Crippen LogP contribution is -2.40. The van der Waals surface area contributed by atoms with Gasteiger partial charge in [0.15, 0.2) is 0 Å². The first kappa shape index (κ1) is 23.2. The third kappa shape index (κ3) is 4.17. The number of aromatic amines is 2. The number of nitrogens with zero attached hydrogens (tertiary/aromatic N) is 2. The second-order valence-electron chi connectivity index (χ2n) is 8.57. The Morgan fingerprint density at radius 1 is 1.17 bits per heavy atom. The van der Waals surface area contributed by atoms with E-state index in [1.807, 2.05) is 19.1 Å². The molecule has 5 rings (SSSR count). The van der Waals surface area contributed by atoms with E-state index in [2.05, 4.69) is 20.3 Å². The molecular formula is C26H21F2N5O3. The Morgan fingerprint density at radius 2 is 2.00 bits per heavy atom. The fourth-order valence-electron chi connectivity index (χ4n) is 4.54. The van der Waals surface area contributed by atoms with Gasteiger partial charge in [0.1, 0.15) is 28.7 Å². The van der Waals surface area contributed by atoms with Crippen LogP contribution in [0.4, 0.5) is 14.6 Å². The Bertz CT molecular complexity index is 1590. The zero-order chi connectivity index (χ0) is 25.4. The summed E-state index contributed by atoms with van der Waals surface area (Å²) in [5.74, 6) is -1.65. The minimum absolute atomic E-state index is 0.0310. The van der Waals surface area contributed by atoms with E-state index in [4.69, 9.17) is 0 Å². The van der Waals surface area contributed by atoms with Crippen LogP contribution in [0, 0.1) is 17.6 Å². The number of carbonyl (C=O) groups excluding carboxylic acids is 2. The van der Waals surface area contributed by atoms with Gasteiger partial charge in [0.2, 0.25) is 6.41 Å². The van der Waals surface area contributed by atoms with Crippen LogP contribution in [-0.2, 0) is 4.79 Å². The molecule has 0 aliphatic carbocycles. The topological polar surface area (TPSA) is 111 Å².